The van der Waals surface area contributed by atoms with Gasteiger partial charge in [0.1, 0.15) is 5.75 Å². The Morgan fingerprint density at radius 1 is 1.16 bits per heavy atom. The Kier molecular flexibility index (Phi) is 4.65. The lowest BCUT2D eigenvalue weighted by atomic mass is 10.3. The first-order valence-electron chi connectivity index (χ1n) is 5.36. The molecule has 0 unspecified atom stereocenters. The van der Waals surface area contributed by atoms with Crippen LogP contribution in [0.1, 0.15) is 0 Å². The predicted octanol–water partition coefficient (Wildman–Crippen LogP) is 4.36. The number of ether oxygens (including phenoxy) is 1. The molecule has 0 aliphatic heterocycles. The van der Waals surface area contributed by atoms with Gasteiger partial charge in [0.05, 0.1) is 15.6 Å². The number of nitro groups is 1. The van der Waals surface area contributed by atoms with E-state index in [2.05, 4.69) is 22.6 Å². The van der Waals surface area contributed by atoms with E-state index in [-0.39, 0.29) is 5.69 Å². The number of nitrogens with zero attached hydrogens (tertiary/aromatic N) is 1. The average Bonchev–Trinajstić information content (AvgIpc) is 2.39. The van der Waals surface area contributed by atoms with Crippen LogP contribution in [0.25, 0.3) is 0 Å². The van der Waals surface area contributed by atoms with Crippen LogP contribution in [0.15, 0.2) is 52.3 Å². The Morgan fingerprint density at radius 2 is 1.79 bits per heavy atom. The Bertz CT molecular complexity index is 601. The molecule has 6 heteroatoms. The summed E-state index contributed by atoms with van der Waals surface area (Å²) in [5.41, 5.74) is 0.105. The molecule has 0 aliphatic rings. The average molecular weight is 387 g/mol. The molecule has 0 bridgehead atoms. The number of hydrogen-bond donors (Lipinski definition) is 0. The van der Waals surface area contributed by atoms with Crippen molar-refractivity contribution in [3.63, 3.8) is 0 Å². The first-order chi connectivity index (χ1) is 9.10. The molecule has 4 nitrogen and oxygen atoms in total. The van der Waals surface area contributed by atoms with Gasteiger partial charge in [-0.05, 0) is 52.9 Å². The van der Waals surface area contributed by atoms with Crippen molar-refractivity contribution < 1.29 is 9.66 Å². The number of nitro benzene ring substituents is 1. The predicted molar refractivity (Wildman–Crippen MR) is 82.9 cm³/mol. The maximum absolute atomic E-state index is 10.6. The van der Waals surface area contributed by atoms with Crippen LogP contribution in [0, 0.1) is 13.7 Å². The summed E-state index contributed by atoms with van der Waals surface area (Å²) in [4.78, 5) is 12.2. The zero-order valence-corrected chi connectivity index (χ0v) is 13.0. The first kappa shape index (κ1) is 14.1. The zero-order chi connectivity index (χ0) is 13.8. The summed E-state index contributed by atoms with van der Waals surface area (Å²) in [5.74, 6) is 0.841. The van der Waals surface area contributed by atoms with Gasteiger partial charge in [-0.25, -0.2) is 0 Å². The third-order valence-corrected chi connectivity index (χ3v) is 4.25. The summed E-state index contributed by atoms with van der Waals surface area (Å²) in [6.45, 7) is 0. The third kappa shape index (κ3) is 3.60. The molecule has 0 radical (unpaired) electrons. The maximum Gasteiger partial charge on any atom is 0.269 e. The molecule has 0 amide bonds. The van der Waals surface area contributed by atoms with Gasteiger partial charge in [0.2, 0.25) is 0 Å². The summed E-state index contributed by atoms with van der Waals surface area (Å²) < 4.78 is 6.23. The molecule has 0 saturated carbocycles. The molecule has 0 heterocycles. The molecule has 19 heavy (non-hydrogen) atoms. The van der Waals surface area contributed by atoms with Gasteiger partial charge < -0.3 is 4.74 Å². The zero-order valence-electron chi connectivity index (χ0n) is 10.00. The monoisotopic (exact) mass is 387 g/mol. The highest BCUT2D eigenvalue weighted by atomic mass is 127. The minimum absolute atomic E-state index is 0.105. The van der Waals surface area contributed by atoms with Gasteiger partial charge in [-0.1, -0.05) is 11.8 Å². The van der Waals surface area contributed by atoms with Crippen molar-refractivity contribution in [3.8, 4) is 5.75 Å². The van der Waals surface area contributed by atoms with Crippen molar-refractivity contribution in [2.75, 3.05) is 7.11 Å². The Hall–Kier alpha value is -1.28. The molecule has 98 valence electrons. The van der Waals surface area contributed by atoms with Crippen LogP contribution in [-0.4, -0.2) is 12.0 Å². The van der Waals surface area contributed by atoms with Gasteiger partial charge >= 0.3 is 0 Å². The number of halogens is 1. The summed E-state index contributed by atoms with van der Waals surface area (Å²) in [7, 11) is 1.64. The van der Waals surface area contributed by atoms with E-state index in [0.717, 1.165) is 19.1 Å². The lowest BCUT2D eigenvalue weighted by molar-refractivity contribution is -0.384. The molecule has 0 spiro atoms. The minimum atomic E-state index is -0.398. The quantitative estimate of drug-likeness (QED) is 0.445. The van der Waals surface area contributed by atoms with E-state index >= 15 is 0 Å². The van der Waals surface area contributed by atoms with E-state index in [9.17, 15) is 10.1 Å². The molecule has 0 saturated heterocycles. The van der Waals surface area contributed by atoms with Crippen molar-refractivity contribution in [2.24, 2.45) is 0 Å². The molecule has 0 aromatic heterocycles. The molecule has 0 fully saturated rings. The molecule has 2 aromatic carbocycles. The first-order valence-corrected chi connectivity index (χ1v) is 7.25. The minimum Gasteiger partial charge on any atom is -0.496 e. The Balaban J connectivity index is 2.16. The fraction of sp³-hybridized carbons (Fsp3) is 0.0769. The van der Waals surface area contributed by atoms with E-state index in [1.54, 1.807) is 31.0 Å². The maximum atomic E-state index is 10.6. The smallest absolute Gasteiger partial charge is 0.269 e. The molecular formula is C13H10INO3S. The molecule has 0 atom stereocenters. The summed E-state index contributed by atoms with van der Waals surface area (Å²) >= 11 is 3.77. The van der Waals surface area contributed by atoms with Gasteiger partial charge in [-0.2, -0.15) is 0 Å². The van der Waals surface area contributed by atoms with Crippen LogP contribution in [0.2, 0.25) is 0 Å². The highest BCUT2D eigenvalue weighted by Crippen LogP contribution is 2.32. The molecular weight excluding hydrogens is 377 g/mol. The SMILES string of the molecule is COc1ccc(Sc2ccc([N+](=O)[O-])cc2)cc1I. The topological polar surface area (TPSA) is 52.4 Å². The molecule has 2 aromatic rings. The van der Waals surface area contributed by atoms with Crippen molar-refractivity contribution in [1.82, 2.24) is 0 Å². The molecule has 2 rings (SSSR count). The van der Waals surface area contributed by atoms with Crippen LogP contribution < -0.4 is 4.74 Å². The van der Waals surface area contributed by atoms with Crippen LogP contribution in [0.5, 0.6) is 5.75 Å². The van der Waals surface area contributed by atoms with Crippen LogP contribution >= 0.6 is 34.4 Å². The van der Waals surface area contributed by atoms with Gasteiger partial charge in [0, 0.05) is 21.9 Å². The standard InChI is InChI=1S/C13H10INO3S/c1-18-13-7-6-11(8-12(13)14)19-10-4-2-9(3-5-10)15(16)17/h2-8H,1H3. The summed E-state index contributed by atoms with van der Waals surface area (Å²) in [6, 6.07) is 12.4. The number of methoxy groups -OCH3 is 1. The summed E-state index contributed by atoms with van der Waals surface area (Å²) in [6.07, 6.45) is 0. The molecule has 0 N–H and O–H groups in total. The van der Waals surface area contributed by atoms with Gasteiger partial charge in [0.15, 0.2) is 0 Å². The highest BCUT2D eigenvalue weighted by molar-refractivity contribution is 14.1. The van der Waals surface area contributed by atoms with Crippen LogP contribution in [-0.2, 0) is 0 Å². The van der Waals surface area contributed by atoms with Crippen molar-refractivity contribution >= 4 is 40.0 Å². The second-order valence-corrected chi connectivity index (χ2v) is 5.96. The van der Waals surface area contributed by atoms with E-state index in [0.29, 0.717) is 0 Å². The normalized spacial score (nSPS) is 10.2. The highest BCUT2D eigenvalue weighted by Gasteiger charge is 2.06. The van der Waals surface area contributed by atoms with E-state index < -0.39 is 4.92 Å². The number of benzene rings is 2. The van der Waals surface area contributed by atoms with Gasteiger partial charge in [-0.15, -0.1) is 0 Å². The largest absolute Gasteiger partial charge is 0.496 e. The fourth-order valence-electron chi connectivity index (χ4n) is 1.48. The Morgan fingerprint density at radius 3 is 2.32 bits per heavy atom. The van der Waals surface area contributed by atoms with Crippen LogP contribution in [0.4, 0.5) is 5.69 Å². The van der Waals surface area contributed by atoms with Crippen LogP contribution in [0.3, 0.4) is 0 Å². The van der Waals surface area contributed by atoms with E-state index in [4.69, 9.17) is 4.74 Å². The van der Waals surface area contributed by atoms with Crippen molar-refractivity contribution in [3.05, 3.63) is 56.1 Å². The van der Waals surface area contributed by atoms with Gasteiger partial charge in [0.25, 0.3) is 5.69 Å². The lowest BCUT2D eigenvalue weighted by Gasteiger charge is -2.06. The third-order valence-electron chi connectivity index (χ3n) is 2.41. The van der Waals surface area contributed by atoms with Crippen molar-refractivity contribution in [2.45, 2.75) is 9.79 Å². The fourth-order valence-corrected chi connectivity index (χ4v) is 3.29. The van der Waals surface area contributed by atoms with E-state index in [1.807, 2.05) is 18.2 Å². The number of hydrogen-bond acceptors (Lipinski definition) is 4. The molecule has 0 aliphatic carbocycles. The number of rotatable bonds is 4. The summed E-state index contributed by atoms with van der Waals surface area (Å²) in [5, 5.41) is 10.6. The van der Waals surface area contributed by atoms with E-state index in [1.165, 1.54) is 12.1 Å². The number of non-ortho nitro benzene ring substituents is 1. The van der Waals surface area contributed by atoms with Crippen molar-refractivity contribution in [1.29, 1.82) is 0 Å². The van der Waals surface area contributed by atoms with Gasteiger partial charge in [-0.3, -0.25) is 10.1 Å². The second-order valence-electron chi connectivity index (χ2n) is 3.65. The Labute approximate surface area is 128 Å². The second kappa shape index (κ2) is 6.25. The lowest BCUT2D eigenvalue weighted by Crippen LogP contribution is -1.87.